The normalized spacial score (nSPS) is 21.3. The van der Waals surface area contributed by atoms with Crippen LogP contribution in [0, 0.1) is 12.3 Å². The second-order valence-electron chi connectivity index (χ2n) is 7.41. The Labute approximate surface area is 142 Å². The number of carbonyl (C=O) groups is 1. The van der Waals surface area contributed by atoms with Crippen LogP contribution < -0.4 is 10.1 Å². The number of carbonyl (C=O) groups excluding carboxylic acids is 1. The van der Waals surface area contributed by atoms with Gasteiger partial charge in [-0.15, -0.1) is 11.3 Å². The van der Waals surface area contributed by atoms with E-state index in [0.717, 1.165) is 35.7 Å². The van der Waals surface area contributed by atoms with Crippen LogP contribution in [0.1, 0.15) is 51.8 Å². The average Bonchev–Trinajstić information content (AvgIpc) is 2.78. The van der Waals surface area contributed by atoms with Gasteiger partial charge in [-0.1, -0.05) is 20.8 Å². The summed E-state index contributed by atoms with van der Waals surface area (Å²) in [6, 6.07) is -0.206. The lowest BCUT2D eigenvalue weighted by atomic mass is 9.88. The Balaban J connectivity index is 2.10. The van der Waals surface area contributed by atoms with E-state index in [-0.39, 0.29) is 23.6 Å². The number of hydrogen-bond donors (Lipinski definition) is 1. The molecule has 0 aromatic carbocycles. The number of hydrogen-bond acceptors (Lipinski definition) is 3. The molecule has 1 aliphatic rings. The maximum Gasteiger partial charge on any atom is 0.343 e. The summed E-state index contributed by atoms with van der Waals surface area (Å²) >= 11 is 1.55. The molecule has 0 saturated carbocycles. The van der Waals surface area contributed by atoms with Crippen molar-refractivity contribution in [2.45, 2.75) is 72.6 Å². The molecule has 5 nitrogen and oxygen atoms in total. The van der Waals surface area contributed by atoms with Crippen LogP contribution in [0.5, 0.6) is 0 Å². The van der Waals surface area contributed by atoms with E-state index in [1.165, 1.54) is 6.42 Å². The number of ether oxygens (including phenoxy) is 1. The van der Waals surface area contributed by atoms with Gasteiger partial charge in [0.1, 0.15) is 0 Å². The van der Waals surface area contributed by atoms with Crippen molar-refractivity contribution in [1.29, 1.82) is 0 Å². The maximum absolute atomic E-state index is 12.2. The fraction of sp³-hybridized carbons (Fsp3) is 0.765. The van der Waals surface area contributed by atoms with Gasteiger partial charge >= 0.3 is 6.03 Å². The first-order chi connectivity index (χ1) is 10.8. The van der Waals surface area contributed by atoms with Crippen molar-refractivity contribution in [2.75, 3.05) is 6.61 Å². The maximum atomic E-state index is 12.2. The minimum Gasteiger partial charge on any atom is -0.376 e. The van der Waals surface area contributed by atoms with Crippen molar-refractivity contribution in [3.63, 3.8) is 0 Å². The Morgan fingerprint density at radius 1 is 1.52 bits per heavy atom. The van der Waals surface area contributed by atoms with Crippen LogP contribution in [0.4, 0.5) is 4.79 Å². The standard InChI is InChI=1S/C17H29N3O2S/c1-12-10-20(11-14-8-6-7-9-22-14)16(23-12)19-15(21)18-13(2)17(3,4)5/h10,13-14H,6-9,11H2,1-5H3,(H,18,21)/b19-16-/t13-,14?/m0/s1. The Morgan fingerprint density at radius 3 is 2.87 bits per heavy atom. The smallest absolute Gasteiger partial charge is 0.343 e. The molecule has 1 fully saturated rings. The first-order valence-corrected chi connectivity index (χ1v) is 9.21. The van der Waals surface area contributed by atoms with Crippen molar-refractivity contribution in [3.05, 3.63) is 15.9 Å². The molecule has 1 aliphatic heterocycles. The number of aryl methyl sites for hydroxylation is 1. The molecule has 23 heavy (non-hydrogen) atoms. The number of aromatic nitrogens is 1. The molecule has 1 unspecified atom stereocenters. The van der Waals surface area contributed by atoms with Crippen LogP contribution in [0.3, 0.4) is 0 Å². The molecule has 130 valence electrons. The summed E-state index contributed by atoms with van der Waals surface area (Å²) in [6.45, 7) is 12.0. The minimum absolute atomic E-state index is 0.0163. The molecular weight excluding hydrogens is 310 g/mol. The largest absolute Gasteiger partial charge is 0.376 e. The first-order valence-electron chi connectivity index (χ1n) is 8.39. The molecule has 6 heteroatoms. The van der Waals surface area contributed by atoms with E-state index in [1.807, 2.05) is 13.8 Å². The molecule has 2 heterocycles. The SMILES string of the molecule is Cc1cn(CC2CCCCO2)/c(=N/C(=O)N[C@@H](C)C(C)(C)C)s1. The summed E-state index contributed by atoms with van der Waals surface area (Å²) in [7, 11) is 0. The molecular formula is C17H29N3O2S. The zero-order valence-electron chi connectivity index (χ0n) is 14.9. The van der Waals surface area contributed by atoms with Crippen molar-refractivity contribution in [3.8, 4) is 0 Å². The van der Waals surface area contributed by atoms with Gasteiger partial charge in [-0.3, -0.25) is 0 Å². The lowest BCUT2D eigenvalue weighted by Gasteiger charge is -2.27. The van der Waals surface area contributed by atoms with E-state index in [0.29, 0.717) is 0 Å². The predicted molar refractivity (Wildman–Crippen MR) is 93.6 cm³/mol. The highest BCUT2D eigenvalue weighted by molar-refractivity contribution is 7.09. The Kier molecular flexibility index (Phi) is 6.03. The zero-order chi connectivity index (χ0) is 17.0. The minimum atomic E-state index is -0.271. The van der Waals surface area contributed by atoms with Crippen LogP contribution in [0.15, 0.2) is 11.2 Å². The van der Waals surface area contributed by atoms with E-state index in [2.05, 4.69) is 41.8 Å². The number of amides is 2. The summed E-state index contributed by atoms with van der Waals surface area (Å²) in [5.74, 6) is 0. The molecule has 1 N–H and O–H groups in total. The van der Waals surface area contributed by atoms with Gasteiger partial charge in [0.25, 0.3) is 0 Å². The Hall–Kier alpha value is -1.14. The number of rotatable bonds is 3. The molecule has 1 aromatic heterocycles. The zero-order valence-corrected chi connectivity index (χ0v) is 15.7. The van der Waals surface area contributed by atoms with E-state index >= 15 is 0 Å². The van der Waals surface area contributed by atoms with E-state index < -0.39 is 0 Å². The van der Waals surface area contributed by atoms with Gasteiger partial charge in [0.15, 0.2) is 4.80 Å². The van der Waals surface area contributed by atoms with Gasteiger partial charge in [-0.05, 0) is 38.5 Å². The van der Waals surface area contributed by atoms with Crippen LogP contribution in [0.2, 0.25) is 0 Å². The van der Waals surface area contributed by atoms with Crippen molar-refractivity contribution >= 4 is 17.4 Å². The molecule has 1 saturated heterocycles. The molecule has 0 aliphatic carbocycles. The fourth-order valence-corrected chi connectivity index (χ4v) is 3.25. The quantitative estimate of drug-likeness (QED) is 0.917. The topological polar surface area (TPSA) is 55.6 Å². The molecule has 1 aromatic rings. The molecule has 2 rings (SSSR count). The molecule has 2 amide bonds. The Morgan fingerprint density at radius 2 is 2.26 bits per heavy atom. The number of thiazole rings is 1. The number of urea groups is 1. The first kappa shape index (κ1) is 18.2. The van der Waals surface area contributed by atoms with E-state index in [9.17, 15) is 4.79 Å². The van der Waals surface area contributed by atoms with Gasteiger partial charge in [0, 0.05) is 23.7 Å². The second-order valence-corrected chi connectivity index (χ2v) is 8.63. The Bertz CT molecular complexity index is 592. The summed E-state index contributed by atoms with van der Waals surface area (Å²) in [5.41, 5.74) is 0.0163. The molecule has 0 bridgehead atoms. The highest BCUT2D eigenvalue weighted by atomic mass is 32.1. The van der Waals surface area contributed by atoms with Crippen molar-refractivity contribution in [1.82, 2.24) is 9.88 Å². The van der Waals surface area contributed by atoms with Gasteiger partial charge in [0.05, 0.1) is 12.6 Å². The van der Waals surface area contributed by atoms with Crippen LogP contribution in [0.25, 0.3) is 0 Å². The third kappa shape index (κ3) is 5.46. The van der Waals surface area contributed by atoms with Gasteiger partial charge in [-0.2, -0.15) is 4.99 Å². The highest BCUT2D eigenvalue weighted by Gasteiger charge is 2.21. The van der Waals surface area contributed by atoms with Crippen LogP contribution in [-0.2, 0) is 11.3 Å². The van der Waals surface area contributed by atoms with E-state index in [4.69, 9.17) is 4.74 Å². The van der Waals surface area contributed by atoms with Gasteiger partial charge < -0.3 is 14.6 Å². The van der Waals surface area contributed by atoms with Crippen molar-refractivity contribution < 1.29 is 9.53 Å². The van der Waals surface area contributed by atoms with Gasteiger partial charge in [-0.25, -0.2) is 4.79 Å². The third-order valence-electron chi connectivity index (χ3n) is 4.35. The number of nitrogens with one attached hydrogen (secondary N) is 1. The number of nitrogens with zero attached hydrogens (tertiary/aromatic N) is 2. The van der Waals surface area contributed by atoms with Crippen LogP contribution >= 0.6 is 11.3 Å². The highest BCUT2D eigenvalue weighted by Crippen LogP contribution is 2.18. The van der Waals surface area contributed by atoms with Gasteiger partial charge in [0.2, 0.25) is 0 Å². The lowest BCUT2D eigenvalue weighted by molar-refractivity contribution is 0.00556. The average molecular weight is 340 g/mol. The van der Waals surface area contributed by atoms with E-state index in [1.54, 1.807) is 11.3 Å². The lowest BCUT2D eigenvalue weighted by Crippen LogP contribution is -2.41. The predicted octanol–water partition coefficient (Wildman–Crippen LogP) is 3.47. The summed E-state index contributed by atoms with van der Waals surface area (Å²) < 4.78 is 7.85. The fourth-order valence-electron chi connectivity index (χ4n) is 2.41. The van der Waals surface area contributed by atoms with Crippen molar-refractivity contribution in [2.24, 2.45) is 10.4 Å². The monoisotopic (exact) mass is 339 g/mol. The summed E-state index contributed by atoms with van der Waals surface area (Å²) in [6.07, 6.45) is 5.72. The summed E-state index contributed by atoms with van der Waals surface area (Å²) in [5, 5.41) is 2.96. The molecule has 2 atom stereocenters. The third-order valence-corrected chi connectivity index (χ3v) is 5.28. The molecule has 0 radical (unpaired) electrons. The van der Waals surface area contributed by atoms with Crippen LogP contribution in [-0.4, -0.2) is 29.4 Å². The summed E-state index contributed by atoms with van der Waals surface area (Å²) in [4.78, 5) is 18.4. The second kappa shape index (κ2) is 7.62. The molecule has 0 spiro atoms.